The fourth-order valence-corrected chi connectivity index (χ4v) is 10.6. The predicted molar refractivity (Wildman–Crippen MR) is 291 cm³/mol. The first-order valence-corrected chi connectivity index (χ1v) is 24.1. The second-order valence-corrected chi connectivity index (χ2v) is 19.1. The van der Waals surface area contributed by atoms with Crippen molar-refractivity contribution in [2.24, 2.45) is 0 Å². The molecule has 0 amide bonds. The maximum atomic E-state index is 17.2. The van der Waals surface area contributed by atoms with E-state index in [4.69, 9.17) is 0 Å². The van der Waals surface area contributed by atoms with Crippen LogP contribution >= 0.6 is 0 Å². The zero-order valence-electron chi connectivity index (χ0n) is 40.1. The number of alkyl halides is 3. The Balaban J connectivity index is 1.26. The number of aromatic nitrogens is 2. The molecule has 0 N–H and O–H groups in total. The van der Waals surface area contributed by atoms with E-state index in [0.29, 0.717) is 38.8 Å². The lowest BCUT2D eigenvalue weighted by atomic mass is 9.97. The van der Waals surface area contributed by atoms with Crippen molar-refractivity contribution in [3.63, 3.8) is 0 Å². The van der Waals surface area contributed by atoms with Gasteiger partial charge in [0, 0.05) is 21.5 Å². The van der Waals surface area contributed by atoms with Crippen LogP contribution in [0.1, 0.15) is 33.4 Å². The van der Waals surface area contributed by atoms with Gasteiger partial charge < -0.3 is 9.13 Å². The Hall–Kier alpha value is -8.92. The van der Waals surface area contributed by atoms with Crippen LogP contribution in [-0.4, -0.2) is 9.13 Å². The summed E-state index contributed by atoms with van der Waals surface area (Å²) in [5.74, 6) is 0. The highest BCUT2D eigenvalue weighted by Crippen LogP contribution is 2.48. The lowest BCUT2D eigenvalue weighted by molar-refractivity contribution is -0.137. The molecular formula is C66H46F3N3. The van der Waals surface area contributed by atoms with Gasteiger partial charge in [0.1, 0.15) is 5.56 Å². The fraction of sp³-hybridized carbons (Fsp3) is 0.0758. The number of nitrogens with zero attached hydrogens (tertiary/aromatic N) is 3. The quantitative estimate of drug-likeness (QED) is 0.157. The summed E-state index contributed by atoms with van der Waals surface area (Å²) in [7, 11) is 0. The van der Waals surface area contributed by atoms with Crippen LogP contribution in [0.3, 0.4) is 0 Å². The monoisotopic (exact) mass is 937 g/mol. The molecule has 2 heterocycles. The number of fused-ring (bicyclic) bond motifs is 6. The van der Waals surface area contributed by atoms with Crippen LogP contribution in [0.4, 0.5) is 13.2 Å². The van der Waals surface area contributed by atoms with Gasteiger partial charge in [-0.15, -0.1) is 0 Å². The summed E-state index contributed by atoms with van der Waals surface area (Å²) < 4.78 is 55.3. The summed E-state index contributed by atoms with van der Waals surface area (Å²) in [4.78, 5) is 0. The first-order chi connectivity index (χ1) is 34.9. The molecular weight excluding hydrogens is 892 g/mol. The summed E-state index contributed by atoms with van der Waals surface area (Å²) >= 11 is 0. The third-order valence-corrected chi connectivity index (χ3v) is 14.2. The van der Waals surface area contributed by atoms with Crippen molar-refractivity contribution in [2.75, 3.05) is 0 Å². The highest BCUT2D eigenvalue weighted by Gasteiger charge is 2.40. The molecule has 0 aliphatic heterocycles. The molecule has 0 aliphatic rings. The molecule has 72 heavy (non-hydrogen) atoms. The van der Waals surface area contributed by atoms with Gasteiger partial charge in [-0.2, -0.15) is 18.4 Å². The number of benzene rings is 10. The van der Waals surface area contributed by atoms with Crippen molar-refractivity contribution < 1.29 is 13.2 Å². The number of halogens is 3. The second kappa shape index (κ2) is 17.2. The van der Waals surface area contributed by atoms with Crippen LogP contribution in [0.25, 0.3) is 111 Å². The van der Waals surface area contributed by atoms with Gasteiger partial charge in [-0.25, -0.2) is 0 Å². The smallest absolute Gasteiger partial charge is 0.308 e. The Labute approximate surface area is 415 Å². The zero-order valence-corrected chi connectivity index (χ0v) is 40.1. The van der Waals surface area contributed by atoms with Crippen LogP contribution in [0.15, 0.2) is 206 Å². The molecule has 12 aromatic rings. The van der Waals surface area contributed by atoms with Gasteiger partial charge in [-0.05, 0) is 132 Å². The lowest BCUT2D eigenvalue weighted by Crippen LogP contribution is -2.16. The van der Waals surface area contributed by atoms with Gasteiger partial charge in [-0.3, -0.25) is 0 Å². The highest BCUT2D eigenvalue weighted by molar-refractivity contribution is 6.13. The summed E-state index contributed by atoms with van der Waals surface area (Å²) in [6.07, 6.45) is -4.88. The average Bonchev–Trinajstić information content (AvgIpc) is 3.89. The number of aryl methyl sites for hydroxylation is 4. The van der Waals surface area contributed by atoms with E-state index in [-0.39, 0.29) is 11.4 Å². The van der Waals surface area contributed by atoms with E-state index in [9.17, 15) is 5.26 Å². The minimum atomic E-state index is -4.88. The van der Waals surface area contributed by atoms with Crippen molar-refractivity contribution in [1.82, 2.24) is 9.13 Å². The van der Waals surface area contributed by atoms with Crippen LogP contribution < -0.4 is 0 Å². The summed E-state index contributed by atoms with van der Waals surface area (Å²) in [5, 5.41) is 13.5. The molecule has 0 aliphatic carbocycles. The van der Waals surface area contributed by atoms with Crippen LogP contribution in [-0.2, 0) is 6.18 Å². The minimum Gasteiger partial charge on any atom is -0.308 e. The Morgan fingerprint density at radius 3 is 1.03 bits per heavy atom. The van der Waals surface area contributed by atoms with E-state index >= 15 is 13.2 Å². The summed E-state index contributed by atoms with van der Waals surface area (Å²) in [6, 6.07) is 70.0. The van der Waals surface area contributed by atoms with E-state index in [1.807, 2.05) is 128 Å². The molecule has 12 rings (SSSR count). The first kappa shape index (κ1) is 44.3. The van der Waals surface area contributed by atoms with Gasteiger partial charge in [-0.1, -0.05) is 180 Å². The molecule has 346 valence electrons. The molecule has 0 unspecified atom stereocenters. The number of hydrogen-bond acceptors (Lipinski definition) is 1. The topological polar surface area (TPSA) is 33.6 Å². The zero-order chi connectivity index (χ0) is 49.4. The highest BCUT2D eigenvalue weighted by atomic mass is 19.4. The van der Waals surface area contributed by atoms with Gasteiger partial charge in [0.05, 0.1) is 45.1 Å². The van der Waals surface area contributed by atoms with Crippen molar-refractivity contribution >= 4 is 43.6 Å². The standard InChI is InChI=1S/C66H46F3N3/c1-40-14-18-45(19-15-40)50-22-26-55-57-28-24-52(47-11-5-8-42(3)30-47)35-61(57)71(59(55)33-50)63-37-54(49-13-7-10-44(32-49)39-70)38-64(65(63)66(67,68)69)72-60-34-51(46-20-16-41(2)17-21-46)23-27-56(60)58-29-25-53(36-62(58)72)48-12-6-9-43(4)31-48/h5-38H,1-4H3. The molecule has 10 aromatic carbocycles. The van der Waals surface area contributed by atoms with E-state index in [0.717, 1.165) is 88.3 Å². The molecule has 0 fully saturated rings. The van der Waals surface area contributed by atoms with E-state index in [1.54, 1.807) is 30.3 Å². The van der Waals surface area contributed by atoms with Gasteiger partial charge in [0.25, 0.3) is 0 Å². The Morgan fingerprint density at radius 1 is 0.333 bits per heavy atom. The maximum absolute atomic E-state index is 17.2. The third kappa shape index (κ3) is 7.71. The molecule has 0 saturated heterocycles. The molecule has 3 nitrogen and oxygen atoms in total. The first-order valence-electron chi connectivity index (χ1n) is 24.1. The van der Waals surface area contributed by atoms with Gasteiger partial charge >= 0.3 is 6.18 Å². The van der Waals surface area contributed by atoms with Crippen molar-refractivity contribution in [3.05, 3.63) is 240 Å². The Morgan fingerprint density at radius 2 is 0.667 bits per heavy atom. The minimum absolute atomic E-state index is 0.0284. The molecule has 0 spiro atoms. The molecule has 0 radical (unpaired) electrons. The van der Waals surface area contributed by atoms with E-state index in [2.05, 4.69) is 91.0 Å². The maximum Gasteiger partial charge on any atom is 0.420 e. The largest absolute Gasteiger partial charge is 0.420 e. The SMILES string of the molecule is Cc1ccc(-c2ccc3c4ccc(-c5cccc(C)c5)cc4n(-c4cc(-c5cccc(C#N)c5)cc(-n5c6cc(-c7ccc(C)cc7)ccc6c6ccc(-c7cccc(C)c7)cc65)c4C(F)(F)F)c3c2)cc1. The van der Waals surface area contributed by atoms with E-state index < -0.39 is 11.7 Å². The second-order valence-electron chi connectivity index (χ2n) is 19.1. The number of rotatable bonds is 7. The van der Waals surface area contributed by atoms with Crippen LogP contribution in [0, 0.1) is 39.0 Å². The molecule has 6 heteroatoms. The molecule has 0 saturated carbocycles. The van der Waals surface area contributed by atoms with Crippen molar-refractivity contribution in [3.8, 4) is 73.1 Å². The lowest BCUT2D eigenvalue weighted by Gasteiger charge is -2.23. The number of nitriles is 1. The average molecular weight is 938 g/mol. The Bertz CT molecular complexity index is 3950. The van der Waals surface area contributed by atoms with Crippen molar-refractivity contribution in [2.45, 2.75) is 33.9 Å². The fourth-order valence-electron chi connectivity index (χ4n) is 10.6. The Kier molecular flexibility index (Phi) is 10.6. The summed E-state index contributed by atoms with van der Waals surface area (Å²) in [6.45, 7) is 8.15. The summed E-state index contributed by atoms with van der Waals surface area (Å²) in [5.41, 5.74) is 15.0. The van der Waals surface area contributed by atoms with Crippen LogP contribution in [0.2, 0.25) is 0 Å². The molecule has 2 aromatic heterocycles. The van der Waals surface area contributed by atoms with E-state index in [1.165, 1.54) is 0 Å². The van der Waals surface area contributed by atoms with Gasteiger partial charge in [0.15, 0.2) is 0 Å². The number of hydrogen-bond donors (Lipinski definition) is 0. The predicted octanol–water partition coefficient (Wildman–Crippen LogP) is 18.3. The van der Waals surface area contributed by atoms with Crippen molar-refractivity contribution in [1.29, 1.82) is 5.26 Å². The third-order valence-electron chi connectivity index (χ3n) is 14.2. The van der Waals surface area contributed by atoms with Gasteiger partial charge in [0.2, 0.25) is 0 Å². The molecule has 0 bridgehead atoms. The normalized spacial score (nSPS) is 11.8. The van der Waals surface area contributed by atoms with Crippen LogP contribution in [0.5, 0.6) is 0 Å². The molecule has 0 atom stereocenters.